The first-order valence-corrected chi connectivity index (χ1v) is 2.94. The zero-order chi connectivity index (χ0) is 7.98. The van der Waals surface area contributed by atoms with Crippen molar-refractivity contribution in [3.05, 3.63) is 11.6 Å². The molecule has 0 aromatic carbocycles. The van der Waals surface area contributed by atoms with Crippen LogP contribution in [0.4, 0.5) is 0 Å². The summed E-state index contributed by atoms with van der Waals surface area (Å²) >= 11 is 0. The van der Waals surface area contributed by atoms with Gasteiger partial charge in [-0.25, -0.2) is 0 Å². The van der Waals surface area contributed by atoms with E-state index in [4.69, 9.17) is 0 Å². The number of hydrogen-bond acceptors (Lipinski definition) is 3. The third-order valence-corrected chi connectivity index (χ3v) is 0.964. The molecule has 3 heteroatoms. The van der Waals surface area contributed by atoms with Crippen LogP contribution < -0.4 is 0 Å². The Morgan fingerprint density at radius 3 is 2.50 bits per heavy atom. The summed E-state index contributed by atoms with van der Waals surface area (Å²) < 4.78 is 4.55. The Bertz CT molecular complexity index is 158. The highest BCUT2D eigenvalue weighted by molar-refractivity contribution is 5.74. The van der Waals surface area contributed by atoms with E-state index in [-0.39, 0.29) is 12.6 Å². The number of allylic oxidation sites excluding steroid dienone is 1. The second-order valence-electron chi connectivity index (χ2n) is 1.76. The monoisotopic (exact) mass is 142 g/mol. The maximum atomic E-state index is 10.2. The molecule has 0 aromatic heterocycles. The van der Waals surface area contributed by atoms with Crippen LogP contribution in [0.25, 0.3) is 0 Å². The maximum Gasteiger partial charge on any atom is 0.302 e. The quantitative estimate of drug-likeness (QED) is 0.331. The summed E-state index contributed by atoms with van der Waals surface area (Å²) in [7, 11) is 0. The van der Waals surface area contributed by atoms with Gasteiger partial charge in [-0.05, 0) is 6.92 Å². The molecule has 0 bridgehead atoms. The molecular weight excluding hydrogens is 132 g/mol. The van der Waals surface area contributed by atoms with Crippen molar-refractivity contribution in [2.75, 3.05) is 6.61 Å². The van der Waals surface area contributed by atoms with Crippen molar-refractivity contribution in [1.82, 2.24) is 0 Å². The summed E-state index contributed by atoms with van der Waals surface area (Å²) in [5.41, 5.74) is 0.482. The smallest absolute Gasteiger partial charge is 0.302 e. The van der Waals surface area contributed by atoms with E-state index in [1.165, 1.54) is 6.92 Å². The van der Waals surface area contributed by atoms with Crippen LogP contribution in [0.2, 0.25) is 0 Å². The van der Waals surface area contributed by atoms with Crippen molar-refractivity contribution in [3.8, 4) is 0 Å². The van der Waals surface area contributed by atoms with E-state index in [9.17, 15) is 9.59 Å². The Kier molecular flexibility index (Phi) is 4.20. The topological polar surface area (TPSA) is 43.4 Å². The number of esters is 1. The predicted octanol–water partition coefficient (Wildman–Crippen LogP) is 0.695. The molecule has 0 spiro atoms. The maximum absolute atomic E-state index is 10.2. The zero-order valence-corrected chi connectivity index (χ0v) is 6.09. The number of rotatable bonds is 3. The second-order valence-corrected chi connectivity index (χ2v) is 1.76. The van der Waals surface area contributed by atoms with Crippen molar-refractivity contribution in [3.63, 3.8) is 0 Å². The Balaban J connectivity index is 3.66. The fourth-order valence-corrected chi connectivity index (χ4v) is 0.370. The van der Waals surface area contributed by atoms with E-state index < -0.39 is 0 Å². The number of hydrogen-bond donors (Lipinski definition) is 0. The molecule has 0 unspecified atom stereocenters. The van der Waals surface area contributed by atoms with E-state index in [2.05, 4.69) is 4.74 Å². The van der Waals surface area contributed by atoms with Gasteiger partial charge >= 0.3 is 5.97 Å². The normalized spacial score (nSPS) is 10.8. The third-order valence-electron chi connectivity index (χ3n) is 0.964. The molecule has 0 aliphatic heterocycles. The summed E-state index contributed by atoms with van der Waals surface area (Å²) in [6.45, 7) is 3.10. The fraction of sp³-hybridized carbons (Fsp3) is 0.429. The van der Waals surface area contributed by atoms with Crippen LogP contribution in [0.3, 0.4) is 0 Å². The molecule has 10 heavy (non-hydrogen) atoms. The molecular formula is C7H10O3. The second kappa shape index (κ2) is 4.73. The van der Waals surface area contributed by atoms with Gasteiger partial charge in [0.2, 0.25) is 0 Å². The van der Waals surface area contributed by atoms with E-state index in [0.717, 1.165) is 0 Å². The first-order valence-electron chi connectivity index (χ1n) is 2.94. The average Bonchev–Trinajstić information content (AvgIpc) is 1.90. The predicted molar refractivity (Wildman–Crippen MR) is 36.5 cm³/mol. The molecule has 0 rings (SSSR count). The zero-order valence-electron chi connectivity index (χ0n) is 6.09. The van der Waals surface area contributed by atoms with Gasteiger partial charge in [0.05, 0.1) is 0 Å². The molecule has 56 valence electrons. The summed E-state index contributed by atoms with van der Waals surface area (Å²) in [6.07, 6.45) is 2.28. The summed E-state index contributed by atoms with van der Waals surface area (Å²) in [5.74, 6) is -0.374. The van der Waals surface area contributed by atoms with Gasteiger partial charge in [0.25, 0.3) is 0 Å². The van der Waals surface area contributed by atoms with Crippen LogP contribution in [-0.4, -0.2) is 18.9 Å². The Hall–Kier alpha value is -1.12. The third kappa shape index (κ3) is 3.83. The molecule has 0 heterocycles. The Morgan fingerprint density at radius 2 is 2.20 bits per heavy atom. The lowest BCUT2D eigenvalue weighted by Crippen LogP contribution is -2.03. The summed E-state index contributed by atoms with van der Waals surface area (Å²) in [5, 5.41) is 0. The van der Waals surface area contributed by atoms with Gasteiger partial charge in [-0.3, -0.25) is 9.59 Å². The molecule has 3 nitrogen and oxygen atoms in total. The molecule has 0 radical (unpaired) electrons. The molecule has 0 saturated carbocycles. The minimum atomic E-state index is -0.374. The molecule has 0 aromatic rings. The van der Waals surface area contributed by atoms with Crippen LogP contribution in [0.15, 0.2) is 11.6 Å². The Morgan fingerprint density at radius 1 is 1.60 bits per heavy atom. The summed E-state index contributed by atoms with van der Waals surface area (Å²) in [6, 6.07) is 0. The molecule has 0 amide bonds. The molecule has 0 saturated heterocycles. The van der Waals surface area contributed by atoms with Crippen LogP contribution in [-0.2, 0) is 14.3 Å². The minimum Gasteiger partial charge on any atom is -0.461 e. The van der Waals surface area contributed by atoms with Gasteiger partial charge in [0.1, 0.15) is 12.9 Å². The van der Waals surface area contributed by atoms with Crippen LogP contribution >= 0.6 is 0 Å². The van der Waals surface area contributed by atoms with Crippen molar-refractivity contribution in [2.45, 2.75) is 13.8 Å². The molecule has 0 aliphatic rings. The van der Waals surface area contributed by atoms with Gasteiger partial charge in [0, 0.05) is 12.5 Å². The van der Waals surface area contributed by atoms with Gasteiger partial charge in [-0.1, -0.05) is 6.08 Å². The SMILES string of the molecule is C/C=C(/C=O)COC(C)=O. The van der Waals surface area contributed by atoms with E-state index >= 15 is 0 Å². The number of carbonyl (C=O) groups is 2. The van der Waals surface area contributed by atoms with Crippen LogP contribution in [0.5, 0.6) is 0 Å². The van der Waals surface area contributed by atoms with Gasteiger partial charge in [-0.2, -0.15) is 0 Å². The highest BCUT2D eigenvalue weighted by atomic mass is 16.5. The molecule has 0 N–H and O–H groups in total. The lowest BCUT2D eigenvalue weighted by molar-refractivity contribution is -0.140. The molecule has 0 fully saturated rings. The lowest BCUT2D eigenvalue weighted by Gasteiger charge is -1.98. The average molecular weight is 142 g/mol. The minimum absolute atomic E-state index is 0.0787. The highest BCUT2D eigenvalue weighted by Gasteiger charge is 1.95. The van der Waals surface area contributed by atoms with Crippen molar-refractivity contribution >= 4 is 12.3 Å². The largest absolute Gasteiger partial charge is 0.461 e. The first kappa shape index (κ1) is 8.88. The Labute approximate surface area is 59.7 Å². The van der Waals surface area contributed by atoms with Gasteiger partial charge in [-0.15, -0.1) is 0 Å². The number of aldehydes is 1. The lowest BCUT2D eigenvalue weighted by atomic mass is 10.3. The standard InChI is InChI=1S/C7H10O3/c1-3-7(4-8)5-10-6(2)9/h3-4H,5H2,1-2H3/b7-3-. The highest BCUT2D eigenvalue weighted by Crippen LogP contribution is 1.90. The van der Waals surface area contributed by atoms with Crippen LogP contribution in [0.1, 0.15) is 13.8 Å². The van der Waals surface area contributed by atoms with Crippen LogP contribution in [0, 0.1) is 0 Å². The van der Waals surface area contributed by atoms with Crippen molar-refractivity contribution < 1.29 is 14.3 Å². The van der Waals surface area contributed by atoms with Crippen molar-refractivity contribution in [2.24, 2.45) is 0 Å². The molecule has 0 aliphatic carbocycles. The number of carbonyl (C=O) groups excluding carboxylic acids is 2. The van der Waals surface area contributed by atoms with E-state index in [0.29, 0.717) is 11.9 Å². The van der Waals surface area contributed by atoms with Gasteiger partial charge in [0.15, 0.2) is 0 Å². The summed E-state index contributed by atoms with van der Waals surface area (Å²) in [4.78, 5) is 20.3. The van der Waals surface area contributed by atoms with Crippen molar-refractivity contribution in [1.29, 1.82) is 0 Å². The van der Waals surface area contributed by atoms with E-state index in [1.807, 2.05) is 0 Å². The first-order chi connectivity index (χ1) is 4.70. The molecule has 0 atom stereocenters. The van der Waals surface area contributed by atoms with Gasteiger partial charge < -0.3 is 4.74 Å². The fourth-order valence-electron chi connectivity index (χ4n) is 0.370. The van der Waals surface area contributed by atoms with E-state index in [1.54, 1.807) is 13.0 Å². The number of ether oxygens (including phenoxy) is 1.